The van der Waals surface area contributed by atoms with Gasteiger partial charge in [0.2, 0.25) is 0 Å². The van der Waals surface area contributed by atoms with Gasteiger partial charge in [0.15, 0.2) is 0 Å². The van der Waals surface area contributed by atoms with Crippen molar-refractivity contribution in [1.82, 2.24) is 0 Å². The van der Waals surface area contributed by atoms with Crippen molar-refractivity contribution in [2.24, 2.45) is 0 Å². The molecule has 6 heteroatoms. The molecule has 0 spiro atoms. The number of hydrogen-bond acceptors (Lipinski definition) is 5. The fraction of sp³-hybridized carbons (Fsp3) is 0.500. The molecule has 0 saturated heterocycles. The highest BCUT2D eigenvalue weighted by molar-refractivity contribution is 5.87. The first-order chi connectivity index (χ1) is 6.56. The Hall–Kier alpha value is -1.72. The van der Waals surface area contributed by atoms with Gasteiger partial charge < -0.3 is 14.6 Å². The third-order valence-corrected chi connectivity index (χ3v) is 1.24. The second kappa shape index (κ2) is 6.76. The number of esters is 2. The molecule has 78 valence electrons. The van der Waals surface area contributed by atoms with Gasteiger partial charge in [-0.3, -0.25) is 14.4 Å². The molecule has 0 aliphatic carbocycles. The highest BCUT2D eigenvalue weighted by Gasteiger charge is 2.11. The van der Waals surface area contributed by atoms with Gasteiger partial charge in [-0.05, 0) is 0 Å². The minimum Gasteiger partial charge on any atom is -0.481 e. The van der Waals surface area contributed by atoms with E-state index in [9.17, 15) is 19.2 Å². The Morgan fingerprint density at radius 3 is 2.14 bits per heavy atom. The monoisotopic (exact) mass is 202 g/mol. The van der Waals surface area contributed by atoms with Crippen LogP contribution in [0.1, 0.15) is 25.7 Å². The maximum absolute atomic E-state index is 10.7. The van der Waals surface area contributed by atoms with Crippen molar-refractivity contribution in [3.63, 3.8) is 0 Å². The van der Waals surface area contributed by atoms with Crippen molar-refractivity contribution in [3.05, 3.63) is 0 Å². The van der Waals surface area contributed by atoms with Crippen LogP contribution >= 0.6 is 0 Å². The summed E-state index contributed by atoms with van der Waals surface area (Å²) in [6, 6.07) is 0. The highest BCUT2D eigenvalue weighted by Crippen LogP contribution is 1.96. The Morgan fingerprint density at radius 1 is 1.07 bits per heavy atom. The summed E-state index contributed by atoms with van der Waals surface area (Å²) in [5.74, 6) is -2.84. The van der Waals surface area contributed by atoms with Crippen LogP contribution in [0.2, 0.25) is 0 Å². The second-order valence-electron chi connectivity index (χ2n) is 2.45. The lowest BCUT2D eigenvalue weighted by Crippen LogP contribution is -2.13. The van der Waals surface area contributed by atoms with Gasteiger partial charge in [0.25, 0.3) is 0 Å². The Morgan fingerprint density at radius 2 is 1.64 bits per heavy atom. The Labute approximate surface area is 79.8 Å². The zero-order valence-electron chi connectivity index (χ0n) is 7.39. The minimum absolute atomic E-state index is 0.00889. The van der Waals surface area contributed by atoms with E-state index in [1.54, 1.807) is 0 Å². The molecule has 0 aromatic carbocycles. The average Bonchev–Trinajstić information content (AvgIpc) is 2.11. The van der Waals surface area contributed by atoms with Crippen molar-refractivity contribution < 1.29 is 29.0 Å². The van der Waals surface area contributed by atoms with Gasteiger partial charge in [-0.15, -0.1) is 0 Å². The molecule has 0 fully saturated rings. The number of ether oxygens (including phenoxy) is 1. The predicted molar refractivity (Wildman–Crippen MR) is 43.3 cm³/mol. The maximum atomic E-state index is 10.7. The molecule has 0 amide bonds. The Balaban J connectivity index is 3.65. The number of carbonyl (C=O) groups is 4. The van der Waals surface area contributed by atoms with E-state index < -0.39 is 17.9 Å². The van der Waals surface area contributed by atoms with Crippen LogP contribution in [0.25, 0.3) is 0 Å². The zero-order chi connectivity index (χ0) is 11.0. The zero-order valence-corrected chi connectivity index (χ0v) is 7.39. The molecular formula is C8H10O6. The van der Waals surface area contributed by atoms with Gasteiger partial charge in [-0.1, -0.05) is 0 Å². The van der Waals surface area contributed by atoms with Gasteiger partial charge in [-0.25, -0.2) is 0 Å². The second-order valence-corrected chi connectivity index (χ2v) is 2.45. The number of carboxylic acid groups (broad SMARTS) is 1. The summed E-state index contributed by atoms with van der Waals surface area (Å²) in [5.41, 5.74) is 0. The van der Waals surface area contributed by atoms with Crippen LogP contribution in [0.3, 0.4) is 0 Å². The first kappa shape index (κ1) is 12.3. The number of aldehydes is 1. The van der Waals surface area contributed by atoms with E-state index in [-0.39, 0.29) is 25.7 Å². The Bertz CT molecular complexity index is 244. The van der Waals surface area contributed by atoms with Gasteiger partial charge in [0.1, 0.15) is 6.29 Å². The SMILES string of the molecule is O=CCCC(=O)OC(=O)CCC(=O)O. The van der Waals surface area contributed by atoms with E-state index in [2.05, 4.69) is 4.74 Å². The van der Waals surface area contributed by atoms with Crippen LogP contribution in [-0.2, 0) is 23.9 Å². The number of carboxylic acids is 1. The molecule has 14 heavy (non-hydrogen) atoms. The van der Waals surface area contributed by atoms with Crippen LogP contribution in [0, 0.1) is 0 Å². The normalized spacial score (nSPS) is 9.14. The number of carbonyl (C=O) groups excluding carboxylic acids is 3. The summed E-state index contributed by atoms with van der Waals surface area (Å²) in [7, 11) is 0. The first-order valence-electron chi connectivity index (χ1n) is 3.95. The lowest BCUT2D eigenvalue weighted by Gasteiger charge is -1.99. The van der Waals surface area contributed by atoms with Crippen molar-refractivity contribution >= 4 is 24.2 Å². The summed E-state index contributed by atoms with van der Waals surface area (Å²) < 4.78 is 4.20. The largest absolute Gasteiger partial charge is 0.481 e. The van der Waals surface area contributed by atoms with Crippen LogP contribution in [0.5, 0.6) is 0 Å². The molecule has 1 N–H and O–H groups in total. The quantitative estimate of drug-likeness (QED) is 0.367. The van der Waals surface area contributed by atoms with E-state index in [1.165, 1.54) is 0 Å². The maximum Gasteiger partial charge on any atom is 0.314 e. The molecule has 0 aliphatic rings. The van der Waals surface area contributed by atoms with Crippen LogP contribution in [-0.4, -0.2) is 29.3 Å². The minimum atomic E-state index is -1.14. The average molecular weight is 202 g/mol. The van der Waals surface area contributed by atoms with Crippen molar-refractivity contribution in [1.29, 1.82) is 0 Å². The van der Waals surface area contributed by atoms with Crippen molar-refractivity contribution in [2.45, 2.75) is 25.7 Å². The van der Waals surface area contributed by atoms with E-state index >= 15 is 0 Å². The summed E-state index contributed by atoms with van der Waals surface area (Å²) in [4.78, 5) is 41.3. The standard InChI is InChI=1S/C8H10O6/c9-5-1-2-7(12)14-8(13)4-3-6(10)11/h5H,1-4H2,(H,10,11). The van der Waals surface area contributed by atoms with Gasteiger partial charge >= 0.3 is 17.9 Å². The Kier molecular flexibility index (Phi) is 5.93. The van der Waals surface area contributed by atoms with Gasteiger partial charge in [-0.2, -0.15) is 0 Å². The first-order valence-corrected chi connectivity index (χ1v) is 3.95. The molecule has 0 radical (unpaired) electrons. The van der Waals surface area contributed by atoms with E-state index in [0.717, 1.165) is 0 Å². The number of aliphatic carboxylic acids is 1. The van der Waals surface area contributed by atoms with Gasteiger partial charge in [0.05, 0.1) is 19.3 Å². The molecule has 0 aromatic heterocycles. The molecule has 0 unspecified atom stereocenters. The summed E-state index contributed by atoms with van der Waals surface area (Å²) in [5, 5.41) is 8.20. The van der Waals surface area contributed by atoms with Crippen LogP contribution in [0.15, 0.2) is 0 Å². The van der Waals surface area contributed by atoms with E-state index in [4.69, 9.17) is 5.11 Å². The molecule has 0 bridgehead atoms. The summed E-state index contributed by atoms with van der Waals surface area (Å²) in [6.07, 6.45) is -0.363. The van der Waals surface area contributed by atoms with Crippen molar-refractivity contribution in [2.75, 3.05) is 0 Å². The molecular weight excluding hydrogens is 192 g/mol. The third kappa shape index (κ3) is 6.96. The molecule has 6 nitrogen and oxygen atoms in total. The lowest BCUT2D eigenvalue weighted by atomic mass is 10.3. The van der Waals surface area contributed by atoms with E-state index in [1.807, 2.05) is 0 Å². The lowest BCUT2D eigenvalue weighted by molar-refractivity contribution is -0.161. The molecule has 0 heterocycles. The molecule has 0 saturated carbocycles. The highest BCUT2D eigenvalue weighted by atomic mass is 16.6. The number of rotatable bonds is 6. The van der Waals surface area contributed by atoms with E-state index in [0.29, 0.717) is 6.29 Å². The number of hydrogen-bond donors (Lipinski definition) is 1. The topological polar surface area (TPSA) is 97.7 Å². The molecule has 0 aliphatic heterocycles. The fourth-order valence-electron chi connectivity index (χ4n) is 0.615. The third-order valence-electron chi connectivity index (χ3n) is 1.24. The van der Waals surface area contributed by atoms with Gasteiger partial charge in [0, 0.05) is 6.42 Å². The summed E-state index contributed by atoms with van der Waals surface area (Å²) in [6.45, 7) is 0. The fourth-order valence-corrected chi connectivity index (χ4v) is 0.615. The molecule has 0 aromatic rings. The molecule has 0 rings (SSSR count). The van der Waals surface area contributed by atoms with Crippen LogP contribution < -0.4 is 0 Å². The smallest absolute Gasteiger partial charge is 0.314 e. The van der Waals surface area contributed by atoms with Crippen LogP contribution in [0.4, 0.5) is 0 Å². The summed E-state index contributed by atoms with van der Waals surface area (Å²) >= 11 is 0. The predicted octanol–water partition coefficient (Wildman–Crippen LogP) is -0.0999. The van der Waals surface area contributed by atoms with Crippen molar-refractivity contribution in [3.8, 4) is 0 Å². The molecule has 0 atom stereocenters.